The SMILES string of the molecule is Cc1ccc(C(=O)CNC2CC2)cc1F. The van der Waals surface area contributed by atoms with Gasteiger partial charge in [-0.1, -0.05) is 12.1 Å². The molecule has 0 aliphatic heterocycles. The van der Waals surface area contributed by atoms with Gasteiger partial charge in [-0.25, -0.2) is 4.39 Å². The zero-order valence-electron chi connectivity index (χ0n) is 8.72. The van der Waals surface area contributed by atoms with Crippen LogP contribution < -0.4 is 5.32 Å². The molecule has 1 saturated carbocycles. The van der Waals surface area contributed by atoms with E-state index in [-0.39, 0.29) is 11.6 Å². The maximum atomic E-state index is 13.2. The predicted octanol–water partition coefficient (Wildman–Crippen LogP) is 2.07. The summed E-state index contributed by atoms with van der Waals surface area (Å²) in [6, 6.07) is 5.13. The van der Waals surface area contributed by atoms with Crippen LogP contribution in [0.2, 0.25) is 0 Å². The fourth-order valence-electron chi connectivity index (χ4n) is 1.39. The lowest BCUT2D eigenvalue weighted by atomic mass is 10.1. The van der Waals surface area contributed by atoms with Gasteiger partial charge >= 0.3 is 0 Å². The Morgan fingerprint density at radius 3 is 2.87 bits per heavy atom. The van der Waals surface area contributed by atoms with Gasteiger partial charge in [-0.2, -0.15) is 0 Å². The first kappa shape index (κ1) is 10.3. The highest BCUT2D eigenvalue weighted by Gasteiger charge is 2.21. The molecular weight excluding hydrogens is 193 g/mol. The summed E-state index contributed by atoms with van der Waals surface area (Å²) in [6.45, 7) is 2.00. The van der Waals surface area contributed by atoms with Crippen molar-refractivity contribution in [3.8, 4) is 0 Å². The maximum absolute atomic E-state index is 13.2. The zero-order valence-corrected chi connectivity index (χ0v) is 8.72. The number of carbonyl (C=O) groups excluding carboxylic acids is 1. The van der Waals surface area contributed by atoms with Gasteiger partial charge in [0.05, 0.1) is 6.54 Å². The first-order valence-electron chi connectivity index (χ1n) is 5.19. The fraction of sp³-hybridized carbons (Fsp3) is 0.417. The minimum atomic E-state index is -0.313. The standard InChI is InChI=1S/C12H14FNO/c1-8-2-3-9(6-11(8)13)12(15)7-14-10-4-5-10/h2-3,6,10,14H,4-5,7H2,1H3. The Labute approximate surface area is 88.5 Å². The van der Waals surface area contributed by atoms with E-state index < -0.39 is 0 Å². The van der Waals surface area contributed by atoms with E-state index in [1.807, 2.05) is 0 Å². The summed E-state index contributed by atoms with van der Waals surface area (Å²) in [7, 11) is 0. The van der Waals surface area contributed by atoms with Gasteiger partial charge in [-0.05, 0) is 31.4 Å². The summed E-state index contributed by atoms with van der Waals surface area (Å²) < 4.78 is 13.2. The van der Waals surface area contributed by atoms with Gasteiger partial charge in [0.15, 0.2) is 5.78 Å². The molecule has 0 amide bonds. The van der Waals surface area contributed by atoms with E-state index in [4.69, 9.17) is 0 Å². The van der Waals surface area contributed by atoms with Crippen LogP contribution in [0.3, 0.4) is 0 Å². The van der Waals surface area contributed by atoms with Crippen molar-refractivity contribution in [3.05, 3.63) is 35.1 Å². The Hall–Kier alpha value is -1.22. The van der Waals surface area contributed by atoms with Crippen molar-refractivity contribution in [1.29, 1.82) is 0 Å². The lowest BCUT2D eigenvalue weighted by Crippen LogP contribution is -2.24. The predicted molar refractivity (Wildman–Crippen MR) is 56.5 cm³/mol. The smallest absolute Gasteiger partial charge is 0.176 e. The highest BCUT2D eigenvalue weighted by atomic mass is 19.1. The van der Waals surface area contributed by atoms with Crippen LogP contribution in [0.5, 0.6) is 0 Å². The molecule has 0 radical (unpaired) electrons. The number of carbonyl (C=O) groups is 1. The van der Waals surface area contributed by atoms with Crippen LogP contribution in [-0.4, -0.2) is 18.4 Å². The topological polar surface area (TPSA) is 29.1 Å². The summed E-state index contributed by atoms with van der Waals surface area (Å²) in [6.07, 6.45) is 2.30. The minimum Gasteiger partial charge on any atom is -0.307 e. The summed E-state index contributed by atoms with van der Waals surface area (Å²) in [5.41, 5.74) is 1.02. The minimum absolute atomic E-state index is 0.0409. The van der Waals surface area contributed by atoms with Crippen LogP contribution in [0.25, 0.3) is 0 Å². The van der Waals surface area contributed by atoms with E-state index >= 15 is 0 Å². The van der Waals surface area contributed by atoms with E-state index in [9.17, 15) is 9.18 Å². The molecule has 1 aliphatic rings. The van der Waals surface area contributed by atoms with Gasteiger partial charge < -0.3 is 5.32 Å². The molecule has 0 spiro atoms. The second-order valence-corrected chi connectivity index (χ2v) is 4.04. The quantitative estimate of drug-likeness (QED) is 0.766. The molecule has 0 aromatic heterocycles. The molecule has 1 aromatic carbocycles. The molecule has 3 heteroatoms. The monoisotopic (exact) mass is 207 g/mol. The van der Waals surface area contributed by atoms with E-state index in [0.717, 1.165) is 12.8 Å². The summed E-state index contributed by atoms with van der Waals surface area (Å²) in [5.74, 6) is -0.354. The number of Topliss-reactive ketones (excluding diaryl/α,β-unsaturated/α-hetero) is 1. The van der Waals surface area contributed by atoms with Gasteiger partial charge in [-0.15, -0.1) is 0 Å². The Morgan fingerprint density at radius 2 is 2.27 bits per heavy atom. The maximum Gasteiger partial charge on any atom is 0.176 e. The largest absolute Gasteiger partial charge is 0.307 e. The van der Waals surface area contributed by atoms with Crippen LogP contribution >= 0.6 is 0 Å². The molecule has 0 heterocycles. The lowest BCUT2D eigenvalue weighted by Gasteiger charge is -2.03. The molecule has 0 saturated heterocycles. The van der Waals surface area contributed by atoms with Crippen molar-refractivity contribution in [2.75, 3.05) is 6.54 Å². The number of hydrogen-bond acceptors (Lipinski definition) is 2. The van der Waals surface area contributed by atoms with Crippen LogP contribution in [0.15, 0.2) is 18.2 Å². The second kappa shape index (κ2) is 4.11. The van der Waals surface area contributed by atoms with E-state index in [0.29, 0.717) is 23.7 Å². The summed E-state index contributed by atoms with van der Waals surface area (Å²) in [5, 5.41) is 3.12. The Morgan fingerprint density at radius 1 is 1.53 bits per heavy atom. The van der Waals surface area contributed by atoms with Crippen molar-refractivity contribution >= 4 is 5.78 Å². The summed E-state index contributed by atoms with van der Waals surface area (Å²) in [4.78, 5) is 11.6. The van der Waals surface area contributed by atoms with Gasteiger partial charge in [0, 0.05) is 11.6 Å². The van der Waals surface area contributed by atoms with Crippen molar-refractivity contribution in [2.45, 2.75) is 25.8 Å². The van der Waals surface area contributed by atoms with E-state index in [2.05, 4.69) is 5.32 Å². The number of benzene rings is 1. The van der Waals surface area contributed by atoms with Crippen molar-refractivity contribution in [1.82, 2.24) is 5.32 Å². The molecule has 0 bridgehead atoms. The Bertz CT molecular complexity index is 385. The third kappa shape index (κ3) is 2.63. The number of halogens is 1. The van der Waals surface area contributed by atoms with Crippen LogP contribution in [0.4, 0.5) is 4.39 Å². The molecule has 0 unspecified atom stereocenters. The zero-order chi connectivity index (χ0) is 10.8. The van der Waals surface area contributed by atoms with Crippen molar-refractivity contribution < 1.29 is 9.18 Å². The number of ketones is 1. The summed E-state index contributed by atoms with van der Waals surface area (Å²) >= 11 is 0. The van der Waals surface area contributed by atoms with Crippen LogP contribution in [-0.2, 0) is 0 Å². The molecule has 1 aliphatic carbocycles. The number of aryl methyl sites for hydroxylation is 1. The third-order valence-corrected chi connectivity index (χ3v) is 2.62. The second-order valence-electron chi connectivity index (χ2n) is 4.04. The van der Waals surface area contributed by atoms with Gasteiger partial charge in [0.2, 0.25) is 0 Å². The fourth-order valence-corrected chi connectivity index (χ4v) is 1.39. The average molecular weight is 207 g/mol. The van der Waals surface area contributed by atoms with E-state index in [1.54, 1.807) is 19.1 Å². The number of nitrogens with one attached hydrogen (secondary N) is 1. The molecule has 2 rings (SSSR count). The van der Waals surface area contributed by atoms with E-state index in [1.165, 1.54) is 6.07 Å². The van der Waals surface area contributed by atoms with Gasteiger partial charge in [0.1, 0.15) is 5.82 Å². The van der Waals surface area contributed by atoms with Gasteiger partial charge in [0.25, 0.3) is 0 Å². The lowest BCUT2D eigenvalue weighted by molar-refractivity contribution is 0.0990. The van der Waals surface area contributed by atoms with Crippen LogP contribution in [0, 0.1) is 12.7 Å². The molecule has 1 aromatic rings. The number of hydrogen-bond donors (Lipinski definition) is 1. The highest BCUT2D eigenvalue weighted by Crippen LogP contribution is 2.18. The normalized spacial score (nSPS) is 15.3. The molecule has 1 fully saturated rings. The first-order valence-corrected chi connectivity index (χ1v) is 5.19. The van der Waals surface area contributed by atoms with Crippen LogP contribution in [0.1, 0.15) is 28.8 Å². The molecule has 2 nitrogen and oxygen atoms in total. The van der Waals surface area contributed by atoms with Crippen molar-refractivity contribution in [2.24, 2.45) is 0 Å². The molecule has 0 atom stereocenters. The molecular formula is C12H14FNO. The molecule has 15 heavy (non-hydrogen) atoms. The van der Waals surface area contributed by atoms with Crippen molar-refractivity contribution in [3.63, 3.8) is 0 Å². The third-order valence-electron chi connectivity index (χ3n) is 2.62. The average Bonchev–Trinajstić information content (AvgIpc) is 3.02. The molecule has 80 valence electrons. The van der Waals surface area contributed by atoms with Gasteiger partial charge in [-0.3, -0.25) is 4.79 Å². The first-order chi connectivity index (χ1) is 7.16. The molecule has 1 N–H and O–H groups in total. The Kier molecular flexibility index (Phi) is 2.82. The number of rotatable bonds is 4. The Balaban J connectivity index is 2.00. The highest BCUT2D eigenvalue weighted by molar-refractivity contribution is 5.97.